The number of esters is 1. The molecule has 1 atom stereocenters. The van der Waals surface area contributed by atoms with Gasteiger partial charge in [0.1, 0.15) is 0 Å². The Morgan fingerprint density at radius 2 is 1.96 bits per heavy atom. The molecule has 0 aliphatic carbocycles. The largest absolute Gasteiger partial charge is 0.448 e. The van der Waals surface area contributed by atoms with Crippen LogP contribution in [0.5, 0.6) is 0 Å². The molecule has 1 aromatic heterocycles. The molecule has 10 heteroatoms. The van der Waals surface area contributed by atoms with E-state index in [0.29, 0.717) is 0 Å². The molecule has 0 fully saturated rings. The lowest BCUT2D eigenvalue weighted by atomic mass is 10.3. The molecule has 0 bridgehead atoms. The van der Waals surface area contributed by atoms with Crippen LogP contribution in [0.3, 0.4) is 0 Å². The summed E-state index contributed by atoms with van der Waals surface area (Å²) in [5, 5.41) is 2.51. The molecule has 1 amide bonds. The van der Waals surface area contributed by atoms with Crippen LogP contribution in [-0.2, 0) is 19.6 Å². The summed E-state index contributed by atoms with van der Waals surface area (Å²) in [6, 6.07) is 5.78. The second kappa shape index (κ2) is 8.02. The maximum atomic E-state index is 12.2. The minimum atomic E-state index is -3.63. The average Bonchev–Trinajstić information content (AvgIpc) is 2.62. The first-order valence-electron chi connectivity index (χ1n) is 7.52. The van der Waals surface area contributed by atoms with Gasteiger partial charge in [0.2, 0.25) is 10.0 Å². The Labute approximate surface area is 151 Å². The van der Waals surface area contributed by atoms with Crippen LogP contribution < -0.4 is 5.32 Å². The van der Waals surface area contributed by atoms with Crippen molar-refractivity contribution in [2.45, 2.75) is 17.9 Å². The van der Waals surface area contributed by atoms with E-state index in [-0.39, 0.29) is 16.3 Å². The van der Waals surface area contributed by atoms with Crippen LogP contribution in [0, 0.1) is 0 Å². The van der Waals surface area contributed by atoms with Crippen LogP contribution in [-0.4, -0.2) is 54.8 Å². The molecule has 1 aromatic carbocycles. The van der Waals surface area contributed by atoms with Gasteiger partial charge in [-0.2, -0.15) is 0 Å². The summed E-state index contributed by atoms with van der Waals surface area (Å²) in [6.45, 7) is 1.39. The first-order chi connectivity index (χ1) is 12.2. The number of nitrogens with one attached hydrogen (secondary N) is 1. The van der Waals surface area contributed by atoms with Crippen molar-refractivity contribution in [1.29, 1.82) is 0 Å². The van der Waals surface area contributed by atoms with Gasteiger partial charge in [0, 0.05) is 32.2 Å². The van der Waals surface area contributed by atoms with Crippen LogP contribution >= 0.6 is 0 Å². The molecular weight excluding hydrogens is 360 g/mol. The number of amides is 1. The molecule has 9 nitrogen and oxygen atoms in total. The highest BCUT2D eigenvalue weighted by atomic mass is 32.2. The summed E-state index contributed by atoms with van der Waals surface area (Å²) >= 11 is 0. The fraction of sp³-hybridized carbons (Fsp3) is 0.250. The summed E-state index contributed by atoms with van der Waals surface area (Å²) in [5.41, 5.74) is 0.242. The third-order valence-electron chi connectivity index (χ3n) is 3.31. The third-order valence-corrected chi connectivity index (χ3v) is 5.12. The zero-order valence-corrected chi connectivity index (χ0v) is 15.2. The summed E-state index contributed by atoms with van der Waals surface area (Å²) in [7, 11) is -0.806. The minimum absolute atomic E-state index is 0.0220. The van der Waals surface area contributed by atoms with Gasteiger partial charge < -0.3 is 10.1 Å². The SMILES string of the molecule is C[C@H](OC(=O)c1cnccn1)C(=O)Nc1cccc(S(=O)(=O)N(C)C)c1. The lowest BCUT2D eigenvalue weighted by molar-refractivity contribution is -0.123. The molecular formula is C16H18N4O5S. The molecule has 138 valence electrons. The summed E-state index contributed by atoms with van der Waals surface area (Å²) in [5.74, 6) is -1.40. The zero-order chi connectivity index (χ0) is 19.3. The molecule has 0 unspecified atom stereocenters. The van der Waals surface area contributed by atoms with Crippen LogP contribution in [0.15, 0.2) is 47.8 Å². The molecule has 0 radical (unpaired) electrons. The number of hydrogen-bond donors (Lipinski definition) is 1. The number of rotatable bonds is 6. The average molecular weight is 378 g/mol. The molecule has 2 aromatic rings. The quantitative estimate of drug-likeness (QED) is 0.742. The van der Waals surface area contributed by atoms with Crippen LogP contribution in [0.25, 0.3) is 0 Å². The Hall–Kier alpha value is -2.85. The highest BCUT2D eigenvalue weighted by Crippen LogP contribution is 2.18. The van der Waals surface area contributed by atoms with Gasteiger partial charge in [-0.15, -0.1) is 0 Å². The number of carbonyl (C=O) groups is 2. The molecule has 0 spiro atoms. The molecule has 26 heavy (non-hydrogen) atoms. The molecule has 0 aliphatic heterocycles. The van der Waals surface area contributed by atoms with Gasteiger partial charge in [0.15, 0.2) is 11.8 Å². The summed E-state index contributed by atoms with van der Waals surface area (Å²) in [4.78, 5) is 31.6. The molecule has 0 saturated heterocycles. The monoisotopic (exact) mass is 378 g/mol. The van der Waals surface area contributed by atoms with E-state index in [2.05, 4.69) is 15.3 Å². The van der Waals surface area contributed by atoms with Crippen molar-refractivity contribution in [1.82, 2.24) is 14.3 Å². The maximum Gasteiger partial charge on any atom is 0.359 e. The number of benzene rings is 1. The number of nitrogens with zero attached hydrogens (tertiary/aromatic N) is 3. The normalized spacial score (nSPS) is 12.5. The Bertz CT molecular complexity index is 900. The fourth-order valence-electron chi connectivity index (χ4n) is 1.87. The standard InChI is InChI=1S/C16H18N4O5S/c1-11(25-16(22)14-10-17-7-8-18-14)15(21)19-12-5-4-6-13(9-12)26(23,24)20(2)3/h4-11H,1-3H3,(H,19,21)/t11-/m0/s1. The van der Waals surface area contributed by atoms with Gasteiger partial charge in [-0.1, -0.05) is 6.07 Å². The van der Waals surface area contributed by atoms with Crippen LogP contribution in [0.1, 0.15) is 17.4 Å². The lowest BCUT2D eigenvalue weighted by Gasteiger charge is -2.15. The van der Waals surface area contributed by atoms with E-state index >= 15 is 0 Å². The van der Waals surface area contributed by atoms with Crippen molar-refractivity contribution in [3.8, 4) is 0 Å². The van der Waals surface area contributed by atoms with E-state index in [1.807, 2.05) is 0 Å². The smallest absolute Gasteiger partial charge is 0.359 e. The highest BCUT2D eigenvalue weighted by molar-refractivity contribution is 7.89. The molecule has 2 rings (SSSR count). The van der Waals surface area contributed by atoms with Gasteiger partial charge >= 0.3 is 5.97 Å². The number of hydrogen-bond acceptors (Lipinski definition) is 7. The van der Waals surface area contributed by atoms with E-state index in [1.165, 1.54) is 63.9 Å². The van der Waals surface area contributed by atoms with Crippen molar-refractivity contribution in [3.05, 3.63) is 48.5 Å². The van der Waals surface area contributed by atoms with E-state index in [0.717, 1.165) is 4.31 Å². The van der Waals surface area contributed by atoms with Gasteiger partial charge in [0.05, 0.1) is 11.1 Å². The summed E-state index contributed by atoms with van der Waals surface area (Å²) in [6.07, 6.45) is 2.85. The van der Waals surface area contributed by atoms with E-state index in [4.69, 9.17) is 4.74 Å². The number of carbonyl (C=O) groups excluding carboxylic acids is 2. The van der Waals surface area contributed by atoms with Crippen molar-refractivity contribution in [2.24, 2.45) is 0 Å². The number of anilines is 1. The molecule has 0 saturated carbocycles. The topological polar surface area (TPSA) is 119 Å². The Morgan fingerprint density at radius 3 is 2.58 bits per heavy atom. The maximum absolute atomic E-state index is 12.2. The highest BCUT2D eigenvalue weighted by Gasteiger charge is 2.21. The van der Waals surface area contributed by atoms with Crippen LogP contribution in [0.4, 0.5) is 5.69 Å². The predicted molar refractivity (Wildman–Crippen MR) is 92.9 cm³/mol. The van der Waals surface area contributed by atoms with E-state index in [9.17, 15) is 18.0 Å². The Kier molecular flexibility index (Phi) is 6.01. The number of aromatic nitrogens is 2. The van der Waals surface area contributed by atoms with Gasteiger partial charge in [-0.25, -0.2) is 22.5 Å². The van der Waals surface area contributed by atoms with E-state index in [1.54, 1.807) is 0 Å². The number of ether oxygens (including phenoxy) is 1. The second-order valence-electron chi connectivity index (χ2n) is 5.44. The first-order valence-corrected chi connectivity index (χ1v) is 8.96. The minimum Gasteiger partial charge on any atom is -0.448 e. The van der Waals surface area contributed by atoms with Crippen LogP contribution in [0.2, 0.25) is 0 Å². The first kappa shape index (κ1) is 19.5. The molecule has 0 aliphatic rings. The Morgan fingerprint density at radius 1 is 1.23 bits per heavy atom. The van der Waals surface area contributed by atoms with Gasteiger partial charge in [-0.3, -0.25) is 9.78 Å². The van der Waals surface area contributed by atoms with Gasteiger partial charge in [0.25, 0.3) is 5.91 Å². The Balaban J connectivity index is 2.06. The predicted octanol–water partition coefficient (Wildman–Crippen LogP) is 0.911. The van der Waals surface area contributed by atoms with Crippen molar-refractivity contribution >= 4 is 27.6 Å². The molecule has 1 heterocycles. The summed E-state index contributed by atoms with van der Waals surface area (Å²) < 4.78 is 30.4. The van der Waals surface area contributed by atoms with Crippen molar-refractivity contribution in [2.75, 3.05) is 19.4 Å². The van der Waals surface area contributed by atoms with Crippen molar-refractivity contribution < 1.29 is 22.7 Å². The third kappa shape index (κ3) is 4.61. The molecule has 1 N–H and O–H groups in total. The zero-order valence-electron chi connectivity index (χ0n) is 14.4. The fourth-order valence-corrected chi connectivity index (χ4v) is 2.82. The van der Waals surface area contributed by atoms with Gasteiger partial charge in [-0.05, 0) is 25.1 Å². The lowest BCUT2D eigenvalue weighted by Crippen LogP contribution is -2.30. The van der Waals surface area contributed by atoms with Crippen molar-refractivity contribution in [3.63, 3.8) is 0 Å². The second-order valence-corrected chi connectivity index (χ2v) is 7.59. The number of sulfonamides is 1. The van der Waals surface area contributed by atoms with E-state index < -0.39 is 28.0 Å².